The molecule has 2 aromatic carbocycles. The minimum Gasteiger partial charge on any atom is -0.494 e. The summed E-state index contributed by atoms with van der Waals surface area (Å²) in [5.74, 6) is 2.50. The van der Waals surface area contributed by atoms with Crippen molar-refractivity contribution in [1.29, 1.82) is 0 Å². The van der Waals surface area contributed by atoms with Gasteiger partial charge in [-0.05, 0) is 60.7 Å². The third kappa shape index (κ3) is 9.60. The zero-order chi connectivity index (χ0) is 25.6. The molecule has 36 heavy (non-hydrogen) atoms. The number of unbranched alkanes of at least 4 members (excludes halogenated alkanes) is 6. The second-order valence-electron chi connectivity index (χ2n) is 9.85. The van der Waals surface area contributed by atoms with Crippen molar-refractivity contribution in [3.8, 4) is 34.0 Å². The first-order valence-electron chi connectivity index (χ1n) is 13.5. The van der Waals surface area contributed by atoms with Crippen molar-refractivity contribution in [1.82, 2.24) is 9.97 Å². The van der Waals surface area contributed by atoms with E-state index in [0.717, 1.165) is 35.5 Å². The first-order chi connectivity index (χ1) is 17.5. The zero-order valence-electron chi connectivity index (χ0n) is 22.1. The minimum atomic E-state index is -0.953. The normalized spacial score (nSPS) is 12.0. The summed E-state index contributed by atoms with van der Waals surface area (Å²) < 4.78 is 25.3. The number of hydrogen-bond acceptors (Lipinski definition) is 4. The average Bonchev–Trinajstić information content (AvgIpc) is 2.89. The molecular formula is C31H41FN2O2. The molecule has 3 rings (SSSR count). The third-order valence-corrected chi connectivity index (χ3v) is 6.13. The van der Waals surface area contributed by atoms with E-state index in [1.807, 2.05) is 74.8 Å². The number of benzene rings is 2. The summed E-state index contributed by atoms with van der Waals surface area (Å²) in [7, 11) is 0. The van der Waals surface area contributed by atoms with Crippen LogP contribution in [0.25, 0.3) is 22.5 Å². The predicted octanol–water partition coefficient (Wildman–Crippen LogP) is 8.70. The zero-order valence-corrected chi connectivity index (χ0v) is 22.1. The Labute approximate surface area is 216 Å². The second kappa shape index (κ2) is 15.2. The van der Waals surface area contributed by atoms with Gasteiger partial charge in [0.05, 0.1) is 6.61 Å². The van der Waals surface area contributed by atoms with E-state index in [1.54, 1.807) is 0 Å². The number of nitrogens with zero attached hydrogens (tertiary/aromatic N) is 2. The standard InChI is InChI=1S/C31H41FN2O2/c1-4-5-6-7-8-9-10-19-35-29-15-11-25(12-16-29)27-21-33-31(34-22-27)26-13-17-30(18-14-26)36-23-28(32)20-24(2)3/h11-18,21-22,24,28H,4-10,19-20,23H2,1-3H3. The first-order valence-corrected chi connectivity index (χ1v) is 13.5. The van der Waals surface area contributed by atoms with Crippen molar-refractivity contribution >= 4 is 0 Å². The fourth-order valence-electron chi connectivity index (χ4n) is 4.09. The molecule has 0 spiro atoms. The largest absolute Gasteiger partial charge is 0.494 e. The lowest BCUT2D eigenvalue weighted by Gasteiger charge is -2.12. The molecule has 0 saturated carbocycles. The topological polar surface area (TPSA) is 44.2 Å². The van der Waals surface area contributed by atoms with E-state index in [4.69, 9.17) is 9.47 Å². The van der Waals surface area contributed by atoms with Crippen molar-refractivity contribution in [2.24, 2.45) is 5.92 Å². The molecule has 0 N–H and O–H groups in total. The molecular weight excluding hydrogens is 451 g/mol. The van der Waals surface area contributed by atoms with E-state index in [2.05, 4.69) is 16.9 Å². The Bertz CT molecular complexity index is 989. The summed E-state index contributed by atoms with van der Waals surface area (Å²) in [5, 5.41) is 0. The van der Waals surface area contributed by atoms with Crippen LogP contribution in [-0.2, 0) is 0 Å². The number of hydrogen-bond donors (Lipinski definition) is 0. The maximum Gasteiger partial charge on any atom is 0.159 e. The maximum atomic E-state index is 13.9. The number of alkyl halides is 1. The highest BCUT2D eigenvalue weighted by Crippen LogP contribution is 2.24. The Morgan fingerprint density at radius 1 is 0.694 bits per heavy atom. The molecule has 0 amide bonds. The van der Waals surface area contributed by atoms with Crippen LogP contribution in [0, 0.1) is 5.92 Å². The van der Waals surface area contributed by atoms with Crippen molar-refractivity contribution in [2.45, 2.75) is 78.3 Å². The van der Waals surface area contributed by atoms with Gasteiger partial charge in [0.1, 0.15) is 24.3 Å². The van der Waals surface area contributed by atoms with E-state index >= 15 is 0 Å². The SMILES string of the molecule is CCCCCCCCCOc1ccc(-c2cnc(-c3ccc(OCC(F)CC(C)C)cc3)nc2)cc1. The highest BCUT2D eigenvalue weighted by molar-refractivity contribution is 5.64. The van der Waals surface area contributed by atoms with Crippen LogP contribution in [0.5, 0.6) is 11.5 Å². The van der Waals surface area contributed by atoms with Gasteiger partial charge >= 0.3 is 0 Å². The van der Waals surface area contributed by atoms with Crippen LogP contribution in [0.3, 0.4) is 0 Å². The molecule has 0 bridgehead atoms. The van der Waals surface area contributed by atoms with Crippen LogP contribution < -0.4 is 9.47 Å². The van der Waals surface area contributed by atoms with Crippen LogP contribution in [0.2, 0.25) is 0 Å². The third-order valence-electron chi connectivity index (χ3n) is 6.13. The van der Waals surface area contributed by atoms with Crippen LogP contribution in [0.15, 0.2) is 60.9 Å². The predicted molar refractivity (Wildman–Crippen MR) is 146 cm³/mol. The van der Waals surface area contributed by atoms with E-state index < -0.39 is 6.17 Å². The molecule has 1 aromatic heterocycles. The molecule has 1 atom stereocenters. The maximum absolute atomic E-state index is 13.9. The summed E-state index contributed by atoms with van der Waals surface area (Å²) in [6.07, 6.45) is 12.2. The summed E-state index contributed by atoms with van der Waals surface area (Å²) in [6.45, 7) is 7.11. The molecule has 0 radical (unpaired) electrons. The Morgan fingerprint density at radius 3 is 1.86 bits per heavy atom. The van der Waals surface area contributed by atoms with Crippen LogP contribution >= 0.6 is 0 Å². The minimum absolute atomic E-state index is 0.0751. The van der Waals surface area contributed by atoms with Crippen LogP contribution in [0.4, 0.5) is 4.39 Å². The Balaban J connectivity index is 1.45. The highest BCUT2D eigenvalue weighted by atomic mass is 19.1. The van der Waals surface area contributed by atoms with Crippen molar-refractivity contribution in [3.05, 3.63) is 60.9 Å². The Hall–Kier alpha value is -2.95. The van der Waals surface area contributed by atoms with Crippen molar-refractivity contribution in [2.75, 3.05) is 13.2 Å². The number of aromatic nitrogens is 2. The number of rotatable bonds is 16. The quantitative estimate of drug-likeness (QED) is 0.188. The average molecular weight is 493 g/mol. The lowest BCUT2D eigenvalue weighted by Crippen LogP contribution is -2.15. The van der Waals surface area contributed by atoms with Crippen molar-refractivity contribution in [3.63, 3.8) is 0 Å². The first kappa shape index (κ1) is 27.6. The highest BCUT2D eigenvalue weighted by Gasteiger charge is 2.10. The molecule has 4 nitrogen and oxygen atoms in total. The second-order valence-corrected chi connectivity index (χ2v) is 9.85. The summed E-state index contributed by atoms with van der Waals surface area (Å²) in [4.78, 5) is 9.08. The van der Waals surface area contributed by atoms with Gasteiger partial charge in [-0.25, -0.2) is 14.4 Å². The van der Waals surface area contributed by atoms with Gasteiger partial charge in [0.15, 0.2) is 5.82 Å². The number of ether oxygens (including phenoxy) is 2. The molecule has 0 saturated heterocycles. The van der Waals surface area contributed by atoms with Gasteiger partial charge in [0.25, 0.3) is 0 Å². The van der Waals surface area contributed by atoms with Crippen molar-refractivity contribution < 1.29 is 13.9 Å². The van der Waals surface area contributed by atoms with Gasteiger partial charge in [-0.15, -0.1) is 0 Å². The number of halogens is 1. The smallest absolute Gasteiger partial charge is 0.159 e. The van der Waals surface area contributed by atoms with Crippen LogP contribution in [-0.4, -0.2) is 29.4 Å². The molecule has 0 aliphatic heterocycles. The van der Waals surface area contributed by atoms with Gasteiger partial charge in [-0.1, -0.05) is 71.4 Å². The molecule has 5 heteroatoms. The molecule has 0 fully saturated rings. The lowest BCUT2D eigenvalue weighted by atomic mass is 10.1. The van der Waals surface area contributed by atoms with Gasteiger partial charge < -0.3 is 9.47 Å². The molecule has 1 heterocycles. The van der Waals surface area contributed by atoms with E-state index in [1.165, 1.54) is 38.5 Å². The lowest BCUT2D eigenvalue weighted by molar-refractivity contribution is 0.174. The Kier molecular flexibility index (Phi) is 11.7. The Morgan fingerprint density at radius 2 is 1.25 bits per heavy atom. The van der Waals surface area contributed by atoms with Gasteiger partial charge in [-0.2, -0.15) is 0 Å². The van der Waals surface area contributed by atoms with Gasteiger partial charge in [-0.3, -0.25) is 0 Å². The summed E-state index contributed by atoms with van der Waals surface area (Å²) in [6, 6.07) is 15.6. The monoisotopic (exact) mass is 492 g/mol. The molecule has 1 unspecified atom stereocenters. The molecule has 0 aliphatic rings. The van der Waals surface area contributed by atoms with E-state index in [0.29, 0.717) is 23.9 Å². The fourth-order valence-corrected chi connectivity index (χ4v) is 4.09. The van der Waals surface area contributed by atoms with Crippen LogP contribution in [0.1, 0.15) is 72.1 Å². The van der Waals surface area contributed by atoms with E-state index in [-0.39, 0.29) is 6.61 Å². The van der Waals surface area contributed by atoms with Gasteiger partial charge in [0, 0.05) is 23.5 Å². The van der Waals surface area contributed by atoms with E-state index in [9.17, 15) is 4.39 Å². The summed E-state index contributed by atoms with van der Waals surface area (Å²) in [5.41, 5.74) is 2.90. The molecule has 0 aliphatic carbocycles. The summed E-state index contributed by atoms with van der Waals surface area (Å²) >= 11 is 0. The van der Waals surface area contributed by atoms with Gasteiger partial charge in [0.2, 0.25) is 0 Å². The molecule has 3 aromatic rings. The molecule has 194 valence electrons. The fraction of sp³-hybridized carbons (Fsp3) is 0.484.